The Hall–Kier alpha value is -0.760. The SMILES string of the molecule is CN(C)C=Cc1cccs1. The predicted octanol–water partition coefficient (Wildman–Crippen LogP) is 2.28. The minimum Gasteiger partial charge on any atom is -0.383 e. The first-order valence-corrected chi connectivity index (χ1v) is 4.05. The molecule has 1 aromatic heterocycles. The van der Waals surface area contributed by atoms with Crippen LogP contribution >= 0.6 is 11.3 Å². The highest BCUT2D eigenvalue weighted by Crippen LogP contribution is 2.09. The van der Waals surface area contributed by atoms with Crippen LogP contribution < -0.4 is 0 Å². The van der Waals surface area contributed by atoms with Crippen molar-refractivity contribution in [3.63, 3.8) is 0 Å². The van der Waals surface area contributed by atoms with Gasteiger partial charge in [-0.05, 0) is 23.7 Å². The van der Waals surface area contributed by atoms with E-state index >= 15 is 0 Å². The molecule has 0 aromatic carbocycles. The Morgan fingerprint density at radius 3 is 2.80 bits per heavy atom. The summed E-state index contributed by atoms with van der Waals surface area (Å²) in [4.78, 5) is 3.33. The van der Waals surface area contributed by atoms with Gasteiger partial charge in [-0.1, -0.05) is 6.07 Å². The molecule has 1 rings (SSSR count). The number of thiophene rings is 1. The van der Waals surface area contributed by atoms with Gasteiger partial charge < -0.3 is 4.90 Å². The second kappa shape index (κ2) is 3.42. The molecular weight excluding hydrogens is 142 g/mol. The van der Waals surface area contributed by atoms with E-state index in [4.69, 9.17) is 0 Å². The molecule has 0 atom stereocenters. The molecule has 0 spiro atoms. The molecule has 0 saturated carbocycles. The molecule has 0 unspecified atom stereocenters. The van der Waals surface area contributed by atoms with Gasteiger partial charge >= 0.3 is 0 Å². The third-order valence-corrected chi connectivity index (χ3v) is 1.92. The van der Waals surface area contributed by atoms with E-state index in [1.165, 1.54) is 4.88 Å². The highest BCUT2D eigenvalue weighted by molar-refractivity contribution is 7.10. The van der Waals surface area contributed by atoms with Gasteiger partial charge in [-0.15, -0.1) is 11.3 Å². The molecule has 1 nitrogen and oxygen atoms in total. The summed E-state index contributed by atoms with van der Waals surface area (Å²) in [6, 6.07) is 4.16. The molecule has 2 heteroatoms. The normalized spacial score (nSPS) is 10.6. The van der Waals surface area contributed by atoms with Crippen LogP contribution in [0.3, 0.4) is 0 Å². The van der Waals surface area contributed by atoms with Gasteiger partial charge in [0.25, 0.3) is 0 Å². The van der Waals surface area contributed by atoms with Gasteiger partial charge in [-0.3, -0.25) is 0 Å². The first-order valence-electron chi connectivity index (χ1n) is 3.17. The summed E-state index contributed by atoms with van der Waals surface area (Å²) in [7, 11) is 4.04. The second-order valence-electron chi connectivity index (χ2n) is 2.29. The molecule has 0 aliphatic heterocycles. The minimum absolute atomic E-state index is 1.30. The van der Waals surface area contributed by atoms with Gasteiger partial charge in [0, 0.05) is 19.0 Å². The summed E-state index contributed by atoms with van der Waals surface area (Å²) in [6.45, 7) is 0. The average Bonchev–Trinajstić information content (AvgIpc) is 2.34. The quantitative estimate of drug-likeness (QED) is 0.630. The maximum atomic E-state index is 2.10. The third-order valence-electron chi connectivity index (χ3n) is 1.08. The van der Waals surface area contributed by atoms with Crippen molar-refractivity contribution >= 4 is 17.4 Å². The van der Waals surface area contributed by atoms with Crippen LogP contribution in [0.25, 0.3) is 6.08 Å². The predicted molar refractivity (Wildman–Crippen MR) is 47.0 cm³/mol. The molecule has 0 radical (unpaired) electrons. The summed E-state index contributed by atoms with van der Waals surface area (Å²) in [5, 5.41) is 2.08. The second-order valence-corrected chi connectivity index (χ2v) is 3.27. The fraction of sp³-hybridized carbons (Fsp3) is 0.250. The molecule has 1 aromatic rings. The van der Waals surface area contributed by atoms with Gasteiger partial charge in [0.2, 0.25) is 0 Å². The van der Waals surface area contributed by atoms with Crippen molar-refractivity contribution < 1.29 is 0 Å². The molecular formula is C8H11NS. The minimum atomic E-state index is 1.30. The summed E-state index contributed by atoms with van der Waals surface area (Å²) >= 11 is 1.75. The van der Waals surface area contributed by atoms with Crippen molar-refractivity contribution in [2.24, 2.45) is 0 Å². The van der Waals surface area contributed by atoms with Crippen molar-refractivity contribution in [2.75, 3.05) is 14.1 Å². The molecule has 0 N–H and O–H groups in total. The Kier molecular flexibility index (Phi) is 2.51. The van der Waals surface area contributed by atoms with Crippen LogP contribution in [0, 0.1) is 0 Å². The van der Waals surface area contributed by atoms with Crippen molar-refractivity contribution in [2.45, 2.75) is 0 Å². The number of nitrogens with zero attached hydrogens (tertiary/aromatic N) is 1. The molecule has 0 bridgehead atoms. The number of rotatable bonds is 2. The Morgan fingerprint density at radius 1 is 1.50 bits per heavy atom. The molecule has 0 amide bonds. The molecule has 10 heavy (non-hydrogen) atoms. The van der Waals surface area contributed by atoms with E-state index in [0.29, 0.717) is 0 Å². The van der Waals surface area contributed by atoms with E-state index in [1.807, 2.05) is 25.2 Å². The van der Waals surface area contributed by atoms with Gasteiger partial charge in [0.15, 0.2) is 0 Å². The lowest BCUT2D eigenvalue weighted by Gasteiger charge is -2.01. The van der Waals surface area contributed by atoms with Crippen LogP contribution in [0.2, 0.25) is 0 Å². The topological polar surface area (TPSA) is 3.24 Å². The van der Waals surface area contributed by atoms with E-state index in [0.717, 1.165) is 0 Å². The molecule has 0 aliphatic rings. The summed E-state index contributed by atoms with van der Waals surface area (Å²) < 4.78 is 0. The number of hydrogen-bond acceptors (Lipinski definition) is 2. The molecule has 0 saturated heterocycles. The van der Waals surface area contributed by atoms with Gasteiger partial charge in [0.05, 0.1) is 0 Å². The smallest absolute Gasteiger partial charge is 0.0284 e. The molecule has 0 aliphatic carbocycles. The maximum Gasteiger partial charge on any atom is 0.0284 e. The molecule has 0 fully saturated rings. The zero-order valence-electron chi connectivity index (χ0n) is 6.24. The van der Waals surface area contributed by atoms with E-state index in [1.54, 1.807) is 11.3 Å². The Morgan fingerprint density at radius 2 is 2.30 bits per heavy atom. The fourth-order valence-corrected chi connectivity index (χ4v) is 1.22. The highest BCUT2D eigenvalue weighted by atomic mass is 32.1. The van der Waals surface area contributed by atoms with E-state index in [-0.39, 0.29) is 0 Å². The third kappa shape index (κ3) is 2.23. The van der Waals surface area contributed by atoms with Crippen LogP contribution in [-0.4, -0.2) is 19.0 Å². The first kappa shape index (κ1) is 7.35. The fourth-order valence-electron chi connectivity index (χ4n) is 0.609. The average molecular weight is 153 g/mol. The van der Waals surface area contributed by atoms with Crippen molar-refractivity contribution in [1.82, 2.24) is 4.90 Å². The maximum absolute atomic E-state index is 2.10. The summed E-state index contributed by atoms with van der Waals surface area (Å²) in [5.41, 5.74) is 0. The zero-order chi connectivity index (χ0) is 7.40. The van der Waals surface area contributed by atoms with Crippen LogP contribution in [0.5, 0.6) is 0 Å². The van der Waals surface area contributed by atoms with Gasteiger partial charge in [-0.25, -0.2) is 0 Å². The van der Waals surface area contributed by atoms with Crippen molar-refractivity contribution in [3.8, 4) is 0 Å². The van der Waals surface area contributed by atoms with Gasteiger partial charge in [0.1, 0.15) is 0 Å². The first-order chi connectivity index (χ1) is 4.79. The Labute approximate surface area is 65.6 Å². The standard InChI is InChI=1S/C8H11NS/c1-9(2)6-5-8-4-3-7-10-8/h3-7H,1-2H3. The van der Waals surface area contributed by atoms with E-state index in [2.05, 4.69) is 23.6 Å². The summed E-state index contributed by atoms with van der Waals surface area (Å²) in [5.74, 6) is 0. The molecule has 54 valence electrons. The zero-order valence-corrected chi connectivity index (χ0v) is 7.06. The van der Waals surface area contributed by atoms with Crippen molar-refractivity contribution in [3.05, 3.63) is 28.6 Å². The van der Waals surface area contributed by atoms with Gasteiger partial charge in [-0.2, -0.15) is 0 Å². The van der Waals surface area contributed by atoms with Crippen LogP contribution in [0.15, 0.2) is 23.7 Å². The monoisotopic (exact) mass is 153 g/mol. The lowest BCUT2D eigenvalue weighted by atomic mass is 10.4. The van der Waals surface area contributed by atoms with Crippen LogP contribution in [-0.2, 0) is 0 Å². The Bertz CT molecular complexity index is 199. The lowest BCUT2D eigenvalue weighted by Crippen LogP contribution is -1.99. The summed E-state index contributed by atoms with van der Waals surface area (Å²) in [6.07, 6.45) is 4.15. The highest BCUT2D eigenvalue weighted by Gasteiger charge is 1.83. The van der Waals surface area contributed by atoms with Crippen molar-refractivity contribution in [1.29, 1.82) is 0 Å². The number of hydrogen-bond donors (Lipinski definition) is 0. The van der Waals surface area contributed by atoms with E-state index in [9.17, 15) is 0 Å². The Balaban J connectivity index is 2.55. The largest absolute Gasteiger partial charge is 0.383 e. The van der Waals surface area contributed by atoms with E-state index < -0.39 is 0 Å². The lowest BCUT2D eigenvalue weighted by molar-refractivity contribution is 0.567. The molecule has 1 heterocycles. The van der Waals surface area contributed by atoms with Crippen LogP contribution in [0.1, 0.15) is 4.88 Å². The van der Waals surface area contributed by atoms with Crippen LogP contribution in [0.4, 0.5) is 0 Å².